The third-order valence-corrected chi connectivity index (χ3v) is 12.9. The molecule has 7 aromatic rings. The highest BCUT2D eigenvalue weighted by Crippen LogP contribution is 2.55. The van der Waals surface area contributed by atoms with Gasteiger partial charge in [0.1, 0.15) is 23.4 Å². The zero-order valence-electron chi connectivity index (χ0n) is 31.8. The maximum atomic E-state index is 17.0. The summed E-state index contributed by atoms with van der Waals surface area (Å²) < 4.78 is 44.3. The number of aromatic nitrogens is 5. The molecule has 4 aromatic heterocycles. The van der Waals surface area contributed by atoms with E-state index in [9.17, 15) is 14.7 Å². The second kappa shape index (κ2) is 15.3. The van der Waals surface area contributed by atoms with Crippen LogP contribution >= 0.6 is 11.3 Å². The highest BCUT2D eigenvalue weighted by atomic mass is 32.1. The van der Waals surface area contributed by atoms with Gasteiger partial charge in [0, 0.05) is 17.7 Å². The Labute approximate surface area is 341 Å². The van der Waals surface area contributed by atoms with Crippen molar-refractivity contribution in [1.29, 1.82) is 0 Å². The van der Waals surface area contributed by atoms with Crippen molar-refractivity contribution in [3.8, 4) is 22.0 Å². The van der Waals surface area contributed by atoms with Crippen LogP contribution < -0.4 is 5.32 Å². The van der Waals surface area contributed by atoms with E-state index in [-0.39, 0.29) is 40.9 Å². The van der Waals surface area contributed by atoms with Crippen molar-refractivity contribution in [3.05, 3.63) is 149 Å². The van der Waals surface area contributed by atoms with Gasteiger partial charge in [-0.05, 0) is 59.7 Å². The molecular weight excluding hydrogens is 775 g/mol. The predicted molar refractivity (Wildman–Crippen MR) is 218 cm³/mol. The molecule has 2 bridgehead atoms. The summed E-state index contributed by atoms with van der Waals surface area (Å²) in [6.07, 6.45) is 4.23. The van der Waals surface area contributed by atoms with Crippen LogP contribution in [-0.2, 0) is 19.8 Å². The highest BCUT2D eigenvalue weighted by Gasteiger charge is 2.57. The number of fused-ring (bicyclic) bond motifs is 4. The summed E-state index contributed by atoms with van der Waals surface area (Å²) in [5, 5.41) is 15.8. The molecule has 0 spiro atoms. The molecule has 2 N–H and O–H groups in total. The first-order chi connectivity index (χ1) is 28.7. The number of nitrogens with zero attached hydrogens (tertiary/aromatic N) is 5. The zero-order chi connectivity index (χ0) is 40.7. The molecule has 0 amide bonds. The number of nitrogens with one attached hydrogen (secondary N) is 1. The number of hydrogen-bond acceptors (Lipinski definition) is 10. The first-order valence-corrected chi connectivity index (χ1v) is 20.1. The number of ether oxygens (including phenoxy) is 2. The Morgan fingerprint density at radius 2 is 1.53 bits per heavy atom. The number of anilines is 1. The smallest absolute Gasteiger partial charge is 0.481 e. The molecule has 14 heteroatoms. The van der Waals surface area contributed by atoms with Gasteiger partial charge in [-0.3, -0.25) is 4.79 Å². The maximum absolute atomic E-state index is 17.0. The van der Waals surface area contributed by atoms with Crippen LogP contribution in [0.15, 0.2) is 121 Å². The standard InChI is InChI=1S/C45H38F2N6O5S/c1-57-43(56)58-26-44-21-19-27(20-22-44)36(34(44)42(54)55)50-40-35(47)38(32-18-11-23-59-32)51-39(52-40)31-25-53(41-37(31)49-33(46)24-48-41)45(28-12-5-2-6-13-28,29-14-7-3-8-15-29)30-16-9-4-10-17-30/h2-18,23-25,27,34,36H,19-22,26H2,1H3,(H,54,55)(H,50,51,52)/t27?,34-,36-,44?/m0/s1. The molecule has 0 saturated heterocycles. The number of halogens is 2. The number of carbonyl (C=O) groups is 2. The zero-order valence-corrected chi connectivity index (χ0v) is 32.6. The summed E-state index contributed by atoms with van der Waals surface area (Å²) in [5.74, 6) is -4.06. The average Bonchev–Trinajstić information content (AvgIpc) is 3.94. The molecular formula is C45H38F2N6O5S. The van der Waals surface area contributed by atoms with Crippen LogP contribution in [0.1, 0.15) is 42.4 Å². The fourth-order valence-corrected chi connectivity index (χ4v) is 10.1. The second-order valence-corrected chi connectivity index (χ2v) is 16.0. The molecule has 0 radical (unpaired) electrons. The molecule has 3 aliphatic rings. The predicted octanol–water partition coefficient (Wildman–Crippen LogP) is 9.19. The number of carboxylic acids is 1. The lowest BCUT2D eigenvalue weighted by Gasteiger charge is -2.54. The Morgan fingerprint density at radius 1 is 0.898 bits per heavy atom. The van der Waals surface area contributed by atoms with Crippen molar-refractivity contribution < 1.29 is 33.0 Å². The number of carbonyl (C=O) groups excluding carboxylic acids is 1. The van der Waals surface area contributed by atoms with Crippen LogP contribution in [0, 0.1) is 29.0 Å². The molecule has 0 aliphatic heterocycles. The maximum Gasteiger partial charge on any atom is 0.507 e. The van der Waals surface area contributed by atoms with Crippen LogP contribution in [0.3, 0.4) is 0 Å². The van der Waals surface area contributed by atoms with Gasteiger partial charge in [0.05, 0.1) is 29.7 Å². The summed E-state index contributed by atoms with van der Waals surface area (Å²) in [6.45, 7) is -0.158. The highest BCUT2D eigenvalue weighted by molar-refractivity contribution is 7.13. The van der Waals surface area contributed by atoms with E-state index in [1.54, 1.807) is 23.7 Å². The summed E-state index contributed by atoms with van der Waals surface area (Å²) in [5.41, 5.74) is 1.37. The number of benzene rings is 3. The largest absolute Gasteiger partial charge is 0.507 e. The van der Waals surface area contributed by atoms with Crippen LogP contribution in [0.5, 0.6) is 0 Å². The minimum Gasteiger partial charge on any atom is -0.481 e. The van der Waals surface area contributed by atoms with E-state index in [1.807, 2.05) is 95.6 Å². The molecule has 59 heavy (non-hydrogen) atoms. The van der Waals surface area contributed by atoms with Crippen LogP contribution in [0.25, 0.3) is 33.1 Å². The molecule has 4 heterocycles. The van der Waals surface area contributed by atoms with E-state index in [2.05, 4.69) is 15.3 Å². The van der Waals surface area contributed by atoms with Crippen molar-refractivity contribution in [2.75, 3.05) is 19.0 Å². The number of carboxylic acid groups (broad SMARTS) is 1. The number of hydrogen-bond donors (Lipinski definition) is 2. The van der Waals surface area contributed by atoms with Crippen LogP contribution in [0.4, 0.5) is 19.4 Å². The van der Waals surface area contributed by atoms with Crippen molar-refractivity contribution in [2.24, 2.45) is 17.3 Å². The number of methoxy groups -OCH3 is 1. The van der Waals surface area contributed by atoms with Gasteiger partial charge in [0.15, 0.2) is 23.1 Å². The van der Waals surface area contributed by atoms with E-state index in [4.69, 9.17) is 19.4 Å². The van der Waals surface area contributed by atoms with Gasteiger partial charge in [0.25, 0.3) is 0 Å². The quantitative estimate of drug-likeness (QED) is 0.0960. The summed E-state index contributed by atoms with van der Waals surface area (Å²) >= 11 is 1.28. The lowest BCUT2D eigenvalue weighted by molar-refractivity contribution is -0.159. The van der Waals surface area contributed by atoms with Gasteiger partial charge >= 0.3 is 12.1 Å². The van der Waals surface area contributed by atoms with Gasteiger partial charge in [-0.1, -0.05) is 97.1 Å². The third kappa shape index (κ3) is 6.47. The van der Waals surface area contributed by atoms with Gasteiger partial charge in [-0.2, -0.15) is 4.39 Å². The van der Waals surface area contributed by atoms with E-state index in [0.29, 0.717) is 36.2 Å². The molecule has 11 nitrogen and oxygen atoms in total. The van der Waals surface area contributed by atoms with Gasteiger partial charge < -0.3 is 24.5 Å². The van der Waals surface area contributed by atoms with E-state index >= 15 is 8.78 Å². The normalized spacial score (nSPS) is 20.0. The number of aliphatic carboxylic acids is 1. The van der Waals surface area contributed by atoms with E-state index < -0.39 is 46.8 Å². The Bertz CT molecular complexity index is 2540. The van der Waals surface area contributed by atoms with E-state index in [0.717, 1.165) is 22.9 Å². The summed E-state index contributed by atoms with van der Waals surface area (Å²) in [4.78, 5) is 44.3. The summed E-state index contributed by atoms with van der Waals surface area (Å²) in [6, 6.07) is 32.4. The Hall–Kier alpha value is -6.54. The van der Waals surface area contributed by atoms with E-state index in [1.165, 1.54) is 18.4 Å². The van der Waals surface area contributed by atoms with Gasteiger partial charge in [-0.25, -0.2) is 29.1 Å². The third-order valence-electron chi connectivity index (χ3n) is 12.0. The molecule has 3 fully saturated rings. The SMILES string of the molecule is COC(=O)OCC12CCC(CC1)[C@H](Nc1nc(-c3cn(C(c4ccccc4)(c4ccccc4)c4ccccc4)c4ncc(F)nc34)nc(-c3cccs3)c1F)[C@H]2C(=O)O. The lowest BCUT2D eigenvalue weighted by atomic mass is 9.53. The minimum absolute atomic E-state index is 0.0187. The Balaban J connectivity index is 1.26. The lowest BCUT2D eigenvalue weighted by Crippen LogP contribution is -2.59. The molecule has 3 aromatic carbocycles. The molecule has 2 atom stereocenters. The molecule has 0 unspecified atom stereocenters. The van der Waals surface area contributed by atoms with Crippen LogP contribution in [-0.4, -0.2) is 61.5 Å². The fourth-order valence-electron chi connectivity index (χ4n) is 9.39. The molecule has 3 aliphatic carbocycles. The minimum atomic E-state index is -1.10. The topological polar surface area (TPSA) is 141 Å². The average molecular weight is 813 g/mol. The Kier molecular flexibility index (Phi) is 9.87. The van der Waals surface area contributed by atoms with Crippen molar-refractivity contribution in [1.82, 2.24) is 24.5 Å². The number of rotatable bonds is 11. The molecule has 3 saturated carbocycles. The second-order valence-electron chi connectivity index (χ2n) is 15.1. The first kappa shape index (κ1) is 38.0. The van der Waals surface area contributed by atoms with Crippen molar-refractivity contribution in [3.63, 3.8) is 0 Å². The van der Waals surface area contributed by atoms with Crippen molar-refractivity contribution >= 4 is 40.4 Å². The molecule has 298 valence electrons. The van der Waals surface area contributed by atoms with Gasteiger partial charge in [-0.15, -0.1) is 11.3 Å². The monoisotopic (exact) mass is 812 g/mol. The fraction of sp³-hybridized carbons (Fsp3) is 0.244. The molecule has 10 rings (SSSR count). The van der Waals surface area contributed by atoms with Crippen LogP contribution in [0.2, 0.25) is 0 Å². The number of thiophene rings is 1. The Morgan fingerprint density at radius 3 is 2.08 bits per heavy atom. The van der Waals surface area contributed by atoms with Crippen molar-refractivity contribution in [2.45, 2.75) is 37.3 Å². The van der Waals surface area contributed by atoms with Gasteiger partial charge in [0.2, 0.25) is 5.95 Å². The summed E-state index contributed by atoms with van der Waals surface area (Å²) in [7, 11) is 1.19. The first-order valence-electron chi connectivity index (χ1n) is 19.3.